The minimum atomic E-state index is -2.68. The summed E-state index contributed by atoms with van der Waals surface area (Å²) < 4.78 is 54.5. The van der Waals surface area contributed by atoms with E-state index >= 15 is 0 Å². The number of nitrogens with zero attached hydrogens (tertiary/aromatic N) is 2. The van der Waals surface area contributed by atoms with Crippen molar-refractivity contribution in [2.24, 2.45) is 7.05 Å². The maximum absolute atomic E-state index is 13.8. The Labute approximate surface area is 162 Å². The molecule has 1 aromatic heterocycles. The quantitative estimate of drug-likeness (QED) is 0.642. The Morgan fingerprint density at radius 1 is 1.25 bits per heavy atom. The number of rotatable bonds is 7. The number of urea groups is 1. The Hall–Kier alpha value is -1.80. The molecule has 2 aliphatic carbocycles. The van der Waals surface area contributed by atoms with E-state index in [1.54, 1.807) is 7.05 Å². The number of hydrogen-bond donors (Lipinski definition) is 2. The molecule has 0 radical (unpaired) electrons. The maximum Gasteiger partial charge on any atom is 0.320 e. The molecule has 2 N–H and O–H groups in total. The summed E-state index contributed by atoms with van der Waals surface area (Å²) >= 11 is 0. The molecule has 1 heterocycles. The Kier molecular flexibility index (Phi) is 6.50. The molecule has 2 atom stereocenters. The number of amides is 2. The van der Waals surface area contributed by atoms with Crippen LogP contribution in [0.15, 0.2) is 0 Å². The third-order valence-electron chi connectivity index (χ3n) is 5.88. The number of halogens is 4. The van der Waals surface area contributed by atoms with Gasteiger partial charge in [-0.25, -0.2) is 18.0 Å². The van der Waals surface area contributed by atoms with Gasteiger partial charge < -0.3 is 5.32 Å². The van der Waals surface area contributed by atoms with E-state index in [2.05, 4.69) is 15.7 Å². The topological polar surface area (TPSA) is 59.0 Å². The van der Waals surface area contributed by atoms with Gasteiger partial charge in [-0.3, -0.25) is 14.4 Å². The minimum absolute atomic E-state index is 0.104. The number of alkyl halides is 4. The van der Waals surface area contributed by atoms with Gasteiger partial charge in [-0.05, 0) is 31.6 Å². The van der Waals surface area contributed by atoms with Gasteiger partial charge in [-0.15, -0.1) is 0 Å². The van der Waals surface area contributed by atoms with Crippen LogP contribution in [0.4, 0.5) is 28.2 Å². The highest BCUT2D eigenvalue weighted by Crippen LogP contribution is 2.49. The van der Waals surface area contributed by atoms with Crippen LogP contribution in [-0.4, -0.2) is 41.1 Å². The molecule has 0 aromatic carbocycles. The molecule has 1 aromatic rings. The lowest BCUT2D eigenvalue weighted by Gasteiger charge is -2.18. The van der Waals surface area contributed by atoms with E-state index in [1.807, 2.05) is 0 Å². The van der Waals surface area contributed by atoms with Crippen LogP contribution in [0.1, 0.15) is 74.5 Å². The van der Waals surface area contributed by atoms with E-state index in [1.165, 1.54) is 4.68 Å². The summed E-state index contributed by atoms with van der Waals surface area (Å²) in [6.45, 7) is -1.59. The van der Waals surface area contributed by atoms with Crippen molar-refractivity contribution in [3.63, 3.8) is 0 Å². The van der Waals surface area contributed by atoms with Crippen molar-refractivity contribution in [3.05, 3.63) is 11.3 Å². The number of anilines is 1. The molecule has 2 fully saturated rings. The van der Waals surface area contributed by atoms with E-state index in [-0.39, 0.29) is 31.1 Å². The van der Waals surface area contributed by atoms with Gasteiger partial charge in [0.1, 0.15) is 12.5 Å². The van der Waals surface area contributed by atoms with Crippen LogP contribution in [0.25, 0.3) is 0 Å². The van der Waals surface area contributed by atoms with Crippen LogP contribution in [0.5, 0.6) is 0 Å². The van der Waals surface area contributed by atoms with Gasteiger partial charge in [0.25, 0.3) is 0 Å². The second-order valence-corrected chi connectivity index (χ2v) is 7.98. The lowest BCUT2D eigenvalue weighted by molar-refractivity contribution is 0.00761. The van der Waals surface area contributed by atoms with Crippen LogP contribution in [0.2, 0.25) is 0 Å². The summed E-state index contributed by atoms with van der Waals surface area (Å²) in [5.41, 5.74) is 1.48. The highest BCUT2D eigenvalue weighted by atomic mass is 19.3. The lowest BCUT2D eigenvalue weighted by Crippen LogP contribution is -2.40. The average Bonchev–Trinajstić information content (AvgIpc) is 3.34. The summed E-state index contributed by atoms with van der Waals surface area (Å²) in [5.74, 6) is -2.38. The van der Waals surface area contributed by atoms with Gasteiger partial charge in [-0.1, -0.05) is 12.8 Å². The van der Waals surface area contributed by atoms with Crippen molar-refractivity contribution in [1.29, 1.82) is 0 Å². The van der Waals surface area contributed by atoms with Gasteiger partial charge in [0.05, 0.1) is 18.4 Å². The predicted molar refractivity (Wildman–Crippen MR) is 98.5 cm³/mol. The van der Waals surface area contributed by atoms with Gasteiger partial charge >= 0.3 is 6.03 Å². The molecule has 0 saturated heterocycles. The normalized spacial score (nSPS) is 23.1. The largest absolute Gasteiger partial charge is 0.332 e. The Bertz CT molecular complexity index is 688. The third kappa shape index (κ3) is 4.60. The molecule has 28 heavy (non-hydrogen) atoms. The van der Waals surface area contributed by atoms with Gasteiger partial charge in [0.15, 0.2) is 0 Å². The molecule has 9 heteroatoms. The second kappa shape index (κ2) is 8.69. The van der Waals surface area contributed by atoms with Crippen molar-refractivity contribution >= 4 is 11.8 Å². The molecule has 0 bridgehead atoms. The van der Waals surface area contributed by atoms with Crippen molar-refractivity contribution < 1.29 is 22.4 Å². The number of hydrogen-bond acceptors (Lipinski definition) is 2. The monoisotopic (exact) mass is 404 g/mol. The first-order chi connectivity index (χ1) is 13.3. The van der Waals surface area contributed by atoms with Gasteiger partial charge in [-0.2, -0.15) is 5.10 Å². The molecule has 2 aliphatic rings. The number of aromatic nitrogens is 2. The molecule has 158 valence electrons. The third-order valence-corrected chi connectivity index (χ3v) is 5.88. The Balaban J connectivity index is 1.85. The zero-order chi connectivity index (χ0) is 20.3. The SMILES string of the molecule is Cn1nc(C2CCC(F)(F)C2)c(C2CCCC2)c1NC(=O)NC(CF)CCF. The first kappa shape index (κ1) is 20.9. The van der Waals surface area contributed by atoms with E-state index in [0.29, 0.717) is 17.9 Å². The molecule has 3 rings (SSSR count). The van der Waals surface area contributed by atoms with Crippen LogP contribution in [-0.2, 0) is 7.05 Å². The van der Waals surface area contributed by atoms with E-state index in [9.17, 15) is 22.4 Å². The molecule has 5 nitrogen and oxygen atoms in total. The highest BCUT2D eigenvalue weighted by molar-refractivity contribution is 5.89. The number of aryl methyl sites for hydroxylation is 1. The summed E-state index contributed by atoms with van der Waals surface area (Å²) in [6.07, 6.45) is 3.83. The zero-order valence-electron chi connectivity index (χ0n) is 16.1. The predicted octanol–water partition coefficient (Wildman–Crippen LogP) is 4.80. The van der Waals surface area contributed by atoms with E-state index < -0.39 is 31.3 Å². The first-order valence-corrected chi connectivity index (χ1v) is 9.98. The van der Waals surface area contributed by atoms with Crippen molar-refractivity contribution in [1.82, 2.24) is 15.1 Å². The molecule has 0 spiro atoms. The van der Waals surface area contributed by atoms with Crippen LogP contribution in [0.3, 0.4) is 0 Å². The zero-order valence-corrected chi connectivity index (χ0v) is 16.1. The molecule has 2 amide bonds. The van der Waals surface area contributed by atoms with Crippen LogP contribution in [0, 0.1) is 0 Å². The summed E-state index contributed by atoms with van der Waals surface area (Å²) in [4.78, 5) is 12.3. The summed E-state index contributed by atoms with van der Waals surface area (Å²) in [7, 11) is 1.67. The number of carbonyl (C=O) groups is 1. The highest BCUT2D eigenvalue weighted by Gasteiger charge is 2.43. The van der Waals surface area contributed by atoms with Gasteiger partial charge in [0, 0.05) is 31.4 Å². The standard InChI is InChI=1S/C19H28F4N4O/c1-27-17(25-18(28)24-14(11-21)7-9-20)15(12-4-2-3-5-12)16(26-27)13-6-8-19(22,23)10-13/h12-14H,2-11H2,1H3,(H2,24,25,28). The van der Waals surface area contributed by atoms with E-state index in [0.717, 1.165) is 31.2 Å². The molecule has 2 saturated carbocycles. The maximum atomic E-state index is 13.8. The van der Waals surface area contributed by atoms with E-state index in [4.69, 9.17) is 0 Å². The molecule has 2 unspecified atom stereocenters. The molecular formula is C19H28F4N4O. The molecule has 0 aliphatic heterocycles. The second-order valence-electron chi connectivity index (χ2n) is 7.98. The van der Waals surface area contributed by atoms with Crippen molar-refractivity contribution in [2.45, 2.75) is 75.2 Å². The Morgan fingerprint density at radius 3 is 2.54 bits per heavy atom. The molecular weight excluding hydrogens is 376 g/mol. The van der Waals surface area contributed by atoms with Crippen molar-refractivity contribution in [3.8, 4) is 0 Å². The fourth-order valence-electron chi connectivity index (χ4n) is 4.46. The summed E-state index contributed by atoms with van der Waals surface area (Å²) in [5, 5.41) is 9.64. The van der Waals surface area contributed by atoms with Crippen LogP contribution < -0.4 is 10.6 Å². The fraction of sp³-hybridized carbons (Fsp3) is 0.789. The number of nitrogens with one attached hydrogen (secondary N) is 2. The van der Waals surface area contributed by atoms with Gasteiger partial charge in [0.2, 0.25) is 5.92 Å². The van der Waals surface area contributed by atoms with Crippen molar-refractivity contribution in [2.75, 3.05) is 18.7 Å². The fourth-order valence-corrected chi connectivity index (χ4v) is 4.46. The summed E-state index contributed by atoms with van der Waals surface area (Å²) in [6, 6.07) is -1.54. The first-order valence-electron chi connectivity index (χ1n) is 9.98. The number of carbonyl (C=O) groups excluding carboxylic acids is 1. The average molecular weight is 404 g/mol. The smallest absolute Gasteiger partial charge is 0.320 e. The minimum Gasteiger partial charge on any atom is -0.332 e. The Morgan fingerprint density at radius 2 is 1.96 bits per heavy atom. The van der Waals surface area contributed by atoms with Crippen LogP contribution >= 0.6 is 0 Å². The lowest BCUT2D eigenvalue weighted by atomic mass is 9.90.